The highest BCUT2D eigenvalue weighted by Gasteiger charge is 2.46. The molecule has 1 amide bonds. The van der Waals surface area contributed by atoms with E-state index in [1.807, 2.05) is 44.2 Å². The average Bonchev–Trinajstić information content (AvgIpc) is 3.17. The van der Waals surface area contributed by atoms with Crippen LogP contribution in [0.25, 0.3) is 5.76 Å². The van der Waals surface area contributed by atoms with E-state index < -0.39 is 17.7 Å². The van der Waals surface area contributed by atoms with Gasteiger partial charge in [0.1, 0.15) is 23.0 Å². The van der Waals surface area contributed by atoms with E-state index in [0.29, 0.717) is 35.2 Å². The van der Waals surface area contributed by atoms with Crippen molar-refractivity contribution in [2.75, 3.05) is 13.7 Å². The molecule has 1 atom stereocenters. The maximum Gasteiger partial charge on any atom is 0.295 e. The molecule has 0 aliphatic carbocycles. The van der Waals surface area contributed by atoms with Crippen LogP contribution in [-0.4, -0.2) is 41.5 Å². The summed E-state index contributed by atoms with van der Waals surface area (Å²) < 4.78 is 16.9. The Morgan fingerprint density at radius 3 is 2.18 bits per heavy atom. The topological polar surface area (TPSA) is 85.3 Å². The van der Waals surface area contributed by atoms with Crippen LogP contribution in [0.1, 0.15) is 50.4 Å². The van der Waals surface area contributed by atoms with Crippen molar-refractivity contribution >= 4 is 17.4 Å². The molecule has 0 radical (unpaired) electrons. The van der Waals surface area contributed by atoms with Crippen LogP contribution in [0.2, 0.25) is 0 Å². The van der Waals surface area contributed by atoms with E-state index in [9.17, 15) is 14.7 Å². The molecule has 204 valence electrons. The Labute approximate surface area is 229 Å². The molecule has 0 aromatic heterocycles. The van der Waals surface area contributed by atoms with Gasteiger partial charge in [-0.25, -0.2) is 0 Å². The quantitative estimate of drug-likeness (QED) is 0.193. The molecule has 1 N–H and O–H groups in total. The van der Waals surface area contributed by atoms with Crippen molar-refractivity contribution in [2.45, 2.75) is 46.4 Å². The normalized spacial score (nSPS) is 16.7. The summed E-state index contributed by atoms with van der Waals surface area (Å²) in [6.07, 6.45) is 0.0394. The van der Waals surface area contributed by atoms with Gasteiger partial charge in [0, 0.05) is 12.1 Å². The van der Waals surface area contributed by atoms with Crippen molar-refractivity contribution in [2.24, 2.45) is 5.92 Å². The SMILES string of the molecule is COc1cccc(C2/C(=C(/O)c3ccc(OCC(C)C)cc3)C(=O)C(=O)N2Cc2ccc(OC(C)C)cc2)c1. The molecule has 7 nitrogen and oxygen atoms in total. The third-order valence-electron chi connectivity index (χ3n) is 6.31. The number of ether oxygens (including phenoxy) is 3. The van der Waals surface area contributed by atoms with Gasteiger partial charge in [0.05, 0.1) is 31.4 Å². The van der Waals surface area contributed by atoms with Gasteiger partial charge < -0.3 is 24.2 Å². The van der Waals surface area contributed by atoms with Gasteiger partial charge in [0.15, 0.2) is 0 Å². The van der Waals surface area contributed by atoms with Crippen molar-refractivity contribution < 1.29 is 28.9 Å². The molecule has 3 aromatic carbocycles. The standard InChI is InChI=1S/C32H35NO6/c1-20(2)19-38-25-15-11-23(12-16-25)30(34)28-29(24-7-6-8-27(17-24)37-5)33(32(36)31(28)35)18-22-9-13-26(14-10-22)39-21(3)4/h6-17,20-21,29,34H,18-19H2,1-5H3/b30-28-. The average molecular weight is 530 g/mol. The number of carbonyl (C=O) groups is 2. The van der Waals surface area contributed by atoms with E-state index in [4.69, 9.17) is 14.2 Å². The van der Waals surface area contributed by atoms with E-state index in [1.54, 1.807) is 49.6 Å². The highest BCUT2D eigenvalue weighted by atomic mass is 16.5. The zero-order valence-corrected chi connectivity index (χ0v) is 23.0. The summed E-state index contributed by atoms with van der Waals surface area (Å²) in [4.78, 5) is 28.2. The van der Waals surface area contributed by atoms with Crippen LogP contribution < -0.4 is 14.2 Å². The number of nitrogens with zero attached hydrogens (tertiary/aromatic N) is 1. The zero-order valence-electron chi connectivity index (χ0n) is 23.0. The fourth-order valence-electron chi connectivity index (χ4n) is 4.47. The second-order valence-corrected chi connectivity index (χ2v) is 10.2. The lowest BCUT2D eigenvalue weighted by Gasteiger charge is -2.26. The van der Waals surface area contributed by atoms with Crippen LogP contribution in [0.4, 0.5) is 0 Å². The lowest BCUT2D eigenvalue weighted by Crippen LogP contribution is -2.29. The Balaban J connectivity index is 1.73. The molecule has 4 rings (SSSR count). The van der Waals surface area contributed by atoms with Crippen molar-refractivity contribution in [3.05, 3.63) is 95.1 Å². The summed E-state index contributed by atoms with van der Waals surface area (Å²) in [6.45, 7) is 8.77. The number of methoxy groups -OCH3 is 1. The molecule has 0 spiro atoms. The maximum absolute atomic E-state index is 13.4. The number of ketones is 1. The summed E-state index contributed by atoms with van der Waals surface area (Å²) in [6, 6.07) is 20.7. The smallest absolute Gasteiger partial charge is 0.295 e. The number of amides is 1. The molecular weight excluding hydrogens is 494 g/mol. The van der Waals surface area contributed by atoms with Gasteiger partial charge in [0.2, 0.25) is 0 Å². The van der Waals surface area contributed by atoms with E-state index in [2.05, 4.69) is 13.8 Å². The number of Topliss-reactive ketones (excluding diaryl/α,β-unsaturated/α-hetero) is 1. The number of aliphatic hydroxyl groups excluding tert-OH is 1. The molecular formula is C32H35NO6. The van der Waals surface area contributed by atoms with E-state index in [-0.39, 0.29) is 24.0 Å². The number of rotatable bonds is 10. The number of hydrogen-bond acceptors (Lipinski definition) is 6. The van der Waals surface area contributed by atoms with Crippen LogP contribution >= 0.6 is 0 Å². The first-order valence-electron chi connectivity index (χ1n) is 13.1. The highest BCUT2D eigenvalue weighted by Crippen LogP contribution is 2.41. The van der Waals surface area contributed by atoms with Crippen molar-refractivity contribution in [3.8, 4) is 17.2 Å². The number of hydrogen-bond donors (Lipinski definition) is 1. The minimum atomic E-state index is -0.802. The Hall–Kier alpha value is -4.26. The molecule has 39 heavy (non-hydrogen) atoms. The lowest BCUT2D eigenvalue weighted by atomic mass is 9.95. The summed E-state index contributed by atoms with van der Waals surface area (Å²) in [7, 11) is 1.56. The predicted molar refractivity (Wildman–Crippen MR) is 150 cm³/mol. The molecule has 1 unspecified atom stereocenters. The van der Waals surface area contributed by atoms with Crippen LogP contribution in [-0.2, 0) is 16.1 Å². The summed E-state index contributed by atoms with van der Waals surface area (Å²) in [5, 5.41) is 11.4. The third kappa shape index (κ3) is 6.42. The molecule has 1 heterocycles. The molecule has 1 aliphatic rings. The fraction of sp³-hybridized carbons (Fsp3) is 0.312. The van der Waals surface area contributed by atoms with Crippen molar-refractivity contribution in [1.29, 1.82) is 0 Å². The molecule has 0 saturated carbocycles. The third-order valence-corrected chi connectivity index (χ3v) is 6.31. The fourth-order valence-corrected chi connectivity index (χ4v) is 4.47. The van der Waals surface area contributed by atoms with Crippen molar-refractivity contribution in [3.63, 3.8) is 0 Å². The zero-order chi connectivity index (χ0) is 28.1. The largest absolute Gasteiger partial charge is 0.507 e. The van der Waals surface area contributed by atoms with Gasteiger partial charge in [0.25, 0.3) is 11.7 Å². The molecule has 1 saturated heterocycles. The first-order valence-corrected chi connectivity index (χ1v) is 13.1. The van der Waals surface area contributed by atoms with Crippen LogP contribution in [0.5, 0.6) is 17.2 Å². The highest BCUT2D eigenvalue weighted by molar-refractivity contribution is 6.46. The van der Waals surface area contributed by atoms with Gasteiger partial charge in [-0.15, -0.1) is 0 Å². The molecule has 3 aromatic rings. The lowest BCUT2D eigenvalue weighted by molar-refractivity contribution is -0.140. The second kappa shape index (κ2) is 12.1. The molecule has 1 fully saturated rings. The molecule has 7 heteroatoms. The first-order chi connectivity index (χ1) is 18.7. The van der Waals surface area contributed by atoms with Gasteiger partial charge >= 0.3 is 0 Å². The van der Waals surface area contributed by atoms with Crippen LogP contribution in [0.3, 0.4) is 0 Å². The van der Waals surface area contributed by atoms with E-state index >= 15 is 0 Å². The number of benzene rings is 3. The summed E-state index contributed by atoms with van der Waals surface area (Å²) in [5.74, 6) is 0.690. The van der Waals surface area contributed by atoms with Gasteiger partial charge in [-0.2, -0.15) is 0 Å². The minimum absolute atomic E-state index is 0.0314. The van der Waals surface area contributed by atoms with Crippen LogP contribution in [0, 0.1) is 5.92 Å². The monoisotopic (exact) mass is 529 g/mol. The molecule has 1 aliphatic heterocycles. The Bertz CT molecular complexity index is 1340. The van der Waals surface area contributed by atoms with Gasteiger partial charge in [-0.05, 0) is 79.4 Å². The van der Waals surface area contributed by atoms with Gasteiger partial charge in [-0.3, -0.25) is 9.59 Å². The van der Waals surface area contributed by atoms with Crippen LogP contribution in [0.15, 0.2) is 78.4 Å². The first kappa shape index (κ1) is 27.8. The van der Waals surface area contributed by atoms with Gasteiger partial charge in [-0.1, -0.05) is 38.1 Å². The minimum Gasteiger partial charge on any atom is -0.507 e. The predicted octanol–water partition coefficient (Wildman–Crippen LogP) is 6.14. The van der Waals surface area contributed by atoms with E-state index in [1.165, 1.54) is 4.90 Å². The molecule has 0 bridgehead atoms. The maximum atomic E-state index is 13.4. The number of carbonyl (C=O) groups excluding carboxylic acids is 2. The second-order valence-electron chi connectivity index (χ2n) is 10.2. The van der Waals surface area contributed by atoms with Crippen molar-refractivity contribution in [1.82, 2.24) is 4.90 Å². The Morgan fingerprint density at radius 1 is 0.897 bits per heavy atom. The number of aliphatic hydroxyl groups is 1. The summed E-state index contributed by atoms with van der Waals surface area (Å²) >= 11 is 0. The van der Waals surface area contributed by atoms with E-state index in [0.717, 1.165) is 11.3 Å². The Kier molecular flexibility index (Phi) is 8.59. The summed E-state index contributed by atoms with van der Waals surface area (Å²) in [5.41, 5.74) is 1.94. The Morgan fingerprint density at radius 2 is 1.56 bits per heavy atom. The number of likely N-dealkylation sites (tertiary alicyclic amines) is 1.